The number of benzene rings is 2. The highest BCUT2D eigenvalue weighted by molar-refractivity contribution is 6.32. The van der Waals surface area contributed by atoms with Crippen molar-refractivity contribution in [2.24, 2.45) is 4.99 Å². The Hall–Kier alpha value is -2.21. The van der Waals surface area contributed by atoms with Crippen LogP contribution >= 0.6 is 11.6 Å². The lowest BCUT2D eigenvalue weighted by molar-refractivity contribution is -0.137. The van der Waals surface area contributed by atoms with Crippen molar-refractivity contribution < 1.29 is 17.9 Å². The third-order valence-corrected chi connectivity index (χ3v) is 4.26. The maximum Gasteiger partial charge on any atom is 0.417 e. The van der Waals surface area contributed by atoms with E-state index in [0.717, 1.165) is 29.4 Å². The van der Waals surface area contributed by atoms with Crippen molar-refractivity contribution in [3.63, 3.8) is 0 Å². The van der Waals surface area contributed by atoms with E-state index in [1.807, 2.05) is 31.9 Å². The van der Waals surface area contributed by atoms with Crippen molar-refractivity contribution >= 4 is 23.6 Å². The summed E-state index contributed by atoms with van der Waals surface area (Å²) in [6.07, 6.45) is -2.81. The van der Waals surface area contributed by atoms with E-state index >= 15 is 0 Å². The van der Waals surface area contributed by atoms with Gasteiger partial charge in [-0.25, -0.2) is 4.99 Å². The quantitative estimate of drug-likeness (QED) is 0.441. The average Bonchev–Trinajstić information content (AvgIpc) is 2.56. The first kappa shape index (κ1) is 20.1. The Morgan fingerprint density at radius 3 is 2.46 bits per heavy atom. The molecule has 0 heterocycles. The minimum atomic E-state index is -4.54. The lowest BCUT2D eigenvalue weighted by Crippen LogP contribution is -2.14. The second-order valence-corrected chi connectivity index (χ2v) is 6.32. The van der Waals surface area contributed by atoms with Crippen molar-refractivity contribution in [1.82, 2.24) is 4.90 Å². The Labute approximate surface area is 156 Å². The molecule has 0 radical (unpaired) electrons. The summed E-state index contributed by atoms with van der Waals surface area (Å²) in [5, 5.41) is -0.455. The summed E-state index contributed by atoms with van der Waals surface area (Å²) < 4.78 is 44.6. The van der Waals surface area contributed by atoms with Gasteiger partial charge in [0.05, 0.1) is 22.6 Å². The number of aliphatic imine (C=N–C) groups is 1. The number of halogens is 4. The molecule has 3 nitrogen and oxygen atoms in total. The Kier molecular flexibility index (Phi) is 6.18. The maximum absolute atomic E-state index is 13.0. The van der Waals surface area contributed by atoms with Crippen LogP contribution in [0, 0.1) is 13.8 Å². The van der Waals surface area contributed by atoms with Crippen LogP contribution in [0.4, 0.5) is 18.9 Å². The summed E-state index contributed by atoms with van der Waals surface area (Å²) in [4.78, 5) is 6.35. The topological polar surface area (TPSA) is 24.8 Å². The molecule has 0 amide bonds. The van der Waals surface area contributed by atoms with Gasteiger partial charge in [0, 0.05) is 13.6 Å². The SMILES string of the molecule is CCN(C)/C=N/c1cc(C)c(Oc2cccc(C(F)(F)F)c2Cl)cc1C. The molecule has 26 heavy (non-hydrogen) atoms. The van der Waals surface area contributed by atoms with Gasteiger partial charge < -0.3 is 9.64 Å². The molecular weight excluding hydrogens is 365 g/mol. The third kappa shape index (κ3) is 4.69. The number of hydrogen-bond donors (Lipinski definition) is 0. The molecule has 0 aliphatic carbocycles. The summed E-state index contributed by atoms with van der Waals surface area (Å²) >= 11 is 5.89. The Morgan fingerprint density at radius 1 is 1.15 bits per heavy atom. The monoisotopic (exact) mass is 384 g/mol. The molecule has 0 fully saturated rings. The van der Waals surface area contributed by atoms with Gasteiger partial charge in [0.15, 0.2) is 0 Å². The number of alkyl halides is 3. The van der Waals surface area contributed by atoms with Crippen LogP contribution in [0.25, 0.3) is 0 Å². The van der Waals surface area contributed by atoms with Crippen LogP contribution in [0.2, 0.25) is 5.02 Å². The normalized spacial score (nSPS) is 11.8. The average molecular weight is 385 g/mol. The first-order valence-electron chi connectivity index (χ1n) is 8.02. The van der Waals surface area contributed by atoms with E-state index in [9.17, 15) is 13.2 Å². The second-order valence-electron chi connectivity index (χ2n) is 5.94. The number of rotatable bonds is 5. The van der Waals surface area contributed by atoms with E-state index in [1.54, 1.807) is 19.3 Å². The van der Waals surface area contributed by atoms with Gasteiger partial charge in [0.25, 0.3) is 0 Å². The fraction of sp³-hybridized carbons (Fsp3) is 0.316. The van der Waals surface area contributed by atoms with Gasteiger partial charge in [-0.1, -0.05) is 17.7 Å². The fourth-order valence-corrected chi connectivity index (χ4v) is 2.46. The Bertz CT molecular complexity index is 819. The van der Waals surface area contributed by atoms with E-state index in [4.69, 9.17) is 16.3 Å². The van der Waals surface area contributed by atoms with Crippen molar-refractivity contribution in [2.45, 2.75) is 26.9 Å². The zero-order chi connectivity index (χ0) is 19.5. The molecule has 0 N–H and O–H groups in total. The van der Waals surface area contributed by atoms with E-state index < -0.39 is 16.8 Å². The van der Waals surface area contributed by atoms with Gasteiger partial charge in [-0.05, 0) is 56.2 Å². The van der Waals surface area contributed by atoms with Crippen molar-refractivity contribution in [3.8, 4) is 11.5 Å². The lowest BCUT2D eigenvalue weighted by Gasteiger charge is -2.15. The molecule has 0 aliphatic rings. The summed E-state index contributed by atoms with van der Waals surface area (Å²) in [7, 11) is 1.92. The molecule has 140 valence electrons. The molecule has 0 atom stereocenters. The highest BCUT2D eigenvalue weighted by Gasteiger charge is 2.34. The summed E-state index contributed by atoms with van der Waals surface area (Å²) in [6, 6.07) is 7.17. The molecular formula is C19H20ClF3N2O. The lowest BCUT2D eigenvalue weighted by atomic mass is 10.1. The number of ether oxygens (including phenoxy) is 1. The molecule has 0 aliphatic heterocycles. The predicted octanol–water partition coefficient (Wildman–Crippen LogP) is 6.38. The molecule has 2 rings (SSSR count). The van der Waals surface area contributed by atoms with E-state index in [-0.39, 0.29) is 5.75 Å². The van der Waals surface area contributed by atoms with Crippen LogP contribution in [0.3, 0.4) is 0 Å². The first-order chi connectivity index (χ1) is 12.1. The minimum absolute atomic E-state index is 0.0361. The second kappa shape index (κ2) is 7.99. The Balaban J connectivity index is 2.34. The van der Waals surface area contributed by atoms with Crippen molar-refractivity contribution in [2.75, 3.05) is 13.6 Å². The maximum atomic E-state index is 13.0. The van der Waals surface area contributed by atoms with Gasteiger partial charge in [-0.2, -0.15) is 13.2 Å². The van der Waals surface area contributed by atoms with Gasteiger partial charge in [-0.15, -0.1) is 0 Å². The zero-order valence-electron chi connectivity index (χ0n) is 15.0. The highest BCUT2D eigenvalue weighted by Crippen LogP contribution is 2.41. The van der Waals surface area contributed by atoms with Crippen LogP contribution in [0.5, 0.6) is 11.5 Å². The molecule has 0 bridgehead atoms. The molecule has 0 saturated heterocycles. The van der Waals surface area contributed by atoms with E-state index in [0.29, 0.717) is 5.75 Å². The summed E-state index contributed by atoms with van der Waals surface area (Å²) in [6.45, 7) is 6.51. The van der Waals surface area contributed by atoms with E-state index in [1.165, 1.54) is 12.1 Å². The minimum Gasteiger partial charge on any atom is -0.456 e. The van der Waals surface area contributed by atoms with Crippen LogP contribution in [0.15, 0.2) is 35.3 Å². The molecule has 2 aromatic rings. The molecule has 2 aromatic carbocycles. The van der Waals surface area contributed by atoms with Crippen LogP contribution < -0.4 is 4.74 Å². The third-order valence-electron chi connectivity index (χ3n) is 3.87. The van der Waals surface area contributed by atoms with Crippen LogP contribution in [-0.4, -0.2) is 24.8 Å². The van der Waals surface area contributed by atoms with Crippen LogP contribution in [0.1, 0.15) is 23.6 Å². The Morgan fingerprint density at radius 2 is 1.85 bits per heavy atom. The fourth-order valence-electron chi connectivity index (χ4n) is 2.19. The molecule has 0 saturated carbocycles. The van der Waals surface area contributed by atoms with Gasteiger partial charge in [0.1, 0.15) is 11.5 Å². The van der Waals surface area contributed by atoms with Gasteiger partial charge in [-0.3, -0.25) is 0 Å². The zero-order valence-corrected chi connectivity index (χ0v) is 15.7. The highest BCUT2D eigenvalue weighted by atomic mass is 35.5. The van der Waals surface area contributed by atoms with Crippen molar-refractivity contribution in [3.05, 3.63) is 52.0 Å². The summed E-state index contributed by atoms with van der Waals surface area (Å²) in [5.41, 5.74) is 1.44. The van der Waals surface area contributed by atoms with E-state index in [2.05, 4.69) is 4.99 Å². The van der Waals surface area contributed by atoms with Gasteiger partial charge >= 0.3 is 6.18 Å². The molecule has 0 unspecified atom stereocenters. The predicted molar refractivity (Wildman–Crippen MR) is 98.9 cm³/mol. The standard InChI is InChI=1S/C19H20ClF3N2O/c1-5-25(4)11-24-15-9-13(3)17(10-12(15)2)26-16-8-6-7-14(18(16)20)19(21,22)23/h6-11H,5H2,1-4H3/b24-11+. The number of hydrogen-bond acceptors (Lipinski definition) is 2. The molecule has 0 spiro atoms. The van der Waals surface area contributed by atoms with Gasteiger partial charge in [0.2, 0.25) is 0 Å². The first-order valence-corrected chi connectivity index (χ1v) is 8.40. The largest absolute Gasteiger partial charge is 0.456 e. The number of aryl methyl sites for hydroxylation is 2. The molecule has 7 heteroatoms. The summed E-state index contributed by atoms with van der Waals surface area (Å²) in [5.74, 6) is 0.400. The number of nitrogens with zero attached hydrogens (tertiary/aromatic N) is 2. The smallest absolute Gasteiger partial charge is 0.417 e. The van der Waals surface area contributed by atoms with Crippen LogP contribution in [-0.2, 0) is 6.18 Å². The molecule has 0 aromatic heterocycles. The van der Waals surface area contributed by atoms with Crippen molar-refractivity contribution in [1.29, 1.82) is 0 Å².